The molecular weight excluding hydrogens is 230 g/mol. The molecule has 0 radical (unpaired) electrons. The molecule has 0 unspecified atom stereocenters. The Morgan fingerprint density at radius 1 is 1.22 bits per heavy atom. The van der Waals surface area contributed by atoms with Gasteiger partial charge in [-0.2, -0.15) is 0 Å². The highest BCUT2D eigenvalue weighted by Gasteiger charge is 2.35. The number of allylic oxidation sites excluding steroid dienone is 2. The van der Waals surface area contributed by atoms with Gasteiger partial charge in [0.15, 0.2) is 0 Å². The maximum atomic E-state index is 12.2. The Hall–Kier alpha value is -1.32. The van der Waals surface area contributed by atoms with Gasteiger partial charge in [0.25, 0.3) is 0 Å². The number of unbranched alkanes of at least 4 members (excludes halogenated alkanes) is 2. The monoisotopic (exact) mass is 253 g/mol. The Labute approximate surface area is 109 Å². The summed E-state index contributed by atoms with van der Waals surface area (Å²) in [4.78, 5) is 25.1. The number of carboxylic acids is 1. The molecule has 1 aliphatic carbocycles. The Kier molecular flexibility index (Phi) is 5.89. The van der Waals surface area contributed by atoms with Crippen molar-refractivity contribution in [2.24, 2.45) is 11.8 Å². The molecule has 0 saturated heterocycles. The second kappa shape index (κ2) is 7.19. The predicted molar refractivity (Wildman–Crippen MR) is 70.2 cm³/mol. The van der Waals surface area contributed by atoms with Crippen LogP contribution in [0.3, 0.4) is 0 Å². The minimum absolute atomic E-state index is 0.0251. The highest BCUT2D eigenvalue weighted by atomic mass is 16.4. The first-order valence-corrected chi connectivity index (χ1v) is 6.70. The topological polar surface area (TPSA) is 57.6 Å². The van der Waals surface area contributed by atoms with E-state index in [0.29, 0.717) is 12.8 Å². The average Bonchev–Trinajstić information content (AvgIpc) is 2.38. The first-order chi connectivity index (χ1) is 8.57. The number of amides is 1. The number of carbonyl (C=O) groups excluding carboxylic acids is 1. The van der Waals surface area contributed by atoms with Crippen LogP contribution in [-0.2, 0) is 9.59 Å². The average molecular weight is 253 g/mol. The standard InChI is InChI=1S/C14H23NO3/c1-3-4-7-10-15(2)13(16)11-8-5-6-9-12(11)14(17)18/h5-6,11-12H,3-4,7-10H2,1-2H3,(H,17,18)/t11-,12+/m1/s1. The maximum Gasteiger partial charge on any atom is 0.307 e. The van der Waals surface area contributed by atoms with Gasteiger partial charge < -0.3 is 10.0 Å². The molecule has 1 rings (SSSR count). The van der Waals surface area contributed by atoms with Gasteiger partial charge in [-0.25, -0.2) is 0 Å². The Balaban J connectivity index is 2.57. The van der Waals surface area contributed by atoms with Crippen LogP contribution in [0.25, 0.3) is 0 Å². The molecule has 0 aromatic heterocycles. The molecule has 1 N–H and O–H groups in total. The number of nitrogens with zero attached hydrogens (tertiary/aromatic N) is 1. The van der Waals surface area contributed by atoms with Crippen LogP contribution in [0.15, 0.2) is 12.2 Å². The summed E-state index contributed by atoms with van der Waals surface area (Å²) < 4.78 is 0. The highest BCUT2D eigenvalue weighted by molar-refractivity contribution is 5.85. The van der Waals surface area contributed by atoms with Crippen molar-refractivity contribution in [3.8, 4) is 0 Å². The fourth-order valence-corrected chi connectivity index (χ4v) is 2.35. The van der Waals surface area contributed by atoms with Crippen LogP contribution in [0.4, 0.5) is 0 Å². The number of rotatable bonds is 6. The molecule has 18 heavy (non-hydrogen) atoms. The largest absolute Gasteiger partial charge is 0.481 e. The maximum absolute atomic E-state index is 12.2. The molecule has 0 bridgehead atoms. The molecule has 0 fully saturated rings. The zero-order valence-corrected chi connectivity index (χ0v) is 11.3. The van der Waals surface area contributed by atoms with Crippen molar-refractivity contribution in [3.63, 3.8) is 0 Å². The van der Waals surface area contributed by atoms with Crippen molar-refractivity contribution in [3.05, 3.63) is 12.2 Å². The van der Waals surface area contributed by atoms with E-state index in [1.54, 1.807) is 11.9 Å². The Morgan fingerprint density at radius 3 is 2.39 bits per heavy atom. The van der Waals surface area contributed by atoms with Gasteiger partial charge in [0.1, 0.15) is 0 Å². The molecule has 0 saturated carbocycles. The van der Waals surface area contributed by atoms with E-state index < -0.39 is 11.9 Å². The number of aliphatic carboxylic acids is 1. The lowest BCUT2D eigenvalue weighted by Gasteiger charge is -2.28. The van der Waals surface area contributed by atoms with E-state index in [-0.39, 0.29) is 11.8 Å². The summed E-state index contributed by atoms with van der Waals surface area (Å²) in [5, 5.41) is 9.15. The summed E-state index contributed by atoms with van der Waals surface area (Å²) in [5.74, 6) is -1.84. The number of hydrogen-bond donors (Lipinski definition) is 1. The van der Waals surface area contributed by atoms with E-state index >= 15 is 0 Å². The first-order valence-electron chi connectivity index (χ1n) is 6.70. The zero-order valence-electron chi connectivity index (χ0n) is 11.3. The van der Waals surface area contributed by atoms with E-state index in [1.165, 1.54) is 0 Å². The van der Waals surface area contributed by atoms with Gasteiger partial charge in [-0.15, -0.1) is 0 Å². The van der Waals surface area contributed by atoms with Crippen molar-refractivity contribution >= 4 is 11.9 Å². The molecule has 2 atom stereocenters. The van der Waals surface area contributed by atoms with Crippen molar-refractivity contribution < 1.29 is 14.7 Å². The Bertz CT molecular complexity index is 325. The van der Waals surface area contributed by atoms with Crippen LogP contribution in [0.1, 0.15) is 39.0 Å². The smallest absolute Gasteiger partial charge is 0.307 e. The third kappa shape index (κ3) is 3.86. The minimum atomic E-state index is -0.861. The first kappa shape index (κ1) is 14.7. The summed E-state index contributed by atoms with van der Waals surface area (Å²) >= 11 is 0. The molecule has 0 aliphatic heterocycles. The predicted octanol–water partition coefficient (Wildman–Crippen LogP) is 2.30. The van der Waals surface area contributed by atoms with Crippen LogP contribution >= 0.6 is 0 Å². The number of carboxylic acid groups (broad SMARTS) is 1. The molecule has 0 aromatic rings. The van der Waals surface area contributed by atoms with Crippen LogP contribution in [0, 0.1) is 11.8 Å². The molecule has 1 amide bonds. The molecule has 4 heteroatoms. The second-order valence-corrected chi connectivity index (χ2v) is 4.96. The van der Waals surface area contributed by atoms with Gasteiger partial charge in [-0.1, -0.05) is 31.9 Å². The molecule has 0 aromatic carbocycles. The molecule has 4 nitrogen and oxygen atoms in total. The van der Waals surface area contributed by atoms with Gasteiger partial charge in [0.2, 0.25) is 5.91 Å². The van der Waals surface area contributed by atoms with Gasteiger partial charge in [-0.3, -0.25) is 9.59 Å². The fourth-order valence-electron chi connectivity index (χ4n) is 2.35. The summed E-state index contributed by atoms with van der Waals surface area (Å²) in [6.45, 7) is 2.84. The molecule has 102 valence electrons. The van der Waals surface area contributed by atoms with Gasteiger partial charge >= 0.3 is 5.97 Å². The summed E-state index contributed by atoms with van der Waals surface area (Å²) in [6, 6.07) is 0. The number of carbonyl (C=O) groups is 2. The third-order valence-corrected chi connectivity index (χ3v) is 3.54. The van der Waals surface area contributed by atoms with Gasteiger partial charge in [-0.05, 0) is 19.3 Å². The molecule has 0 spiro atoms. The minimum Gasteiger partial charge on any atom is -0.481 e. The lowest BCUT2D eigenvalue weighted by atomic mass is 9.82. The van der Waals surface area contributed by atoms with Crippen molar-refractivity contribution in [1.82, 2.24) is 4.90 Å². The van der Waals surface area contributed by atoms with Crippen LogP contribution in [0.5, 0.6) is 0 Å². The third-order valence-electron chi connectivity index (χ3n) is 3.54. The highest BCUT2D eigenvalue weighted by Crippen LogP contribution is 2.27. The van der Waals surface area contributed by atoms with Gasteiger partial charge in [0.05, 0.1) is 11.8 Å². The molecule has 1 aliphatic rings. The normalized spacial score (nSPS) is 22.8. The second-order valence-electron chi connectivity index (χ2n) is 4.96. The van der Waals surface area contributed by atoms with E-state index in [2.05, 4.69) is 6.92 Å². The van der Waals surface area contributed by atoms with Crippen molar-refractivity contribution in [2.45, 2.75) is 39.0 Å². The summed E-state index contributed by atoms with van der Waals surface area (Å²) in [7, 11) is 1.77. The Morgan fingerprint density at radius 2 is 1.83 bits per heavy atom. The van der Waals surface area contributed by atoms with E-state index in [1.807, 2.05) is 12.2 Å². The summed E-state index contributed by atoms with van der Waals surface area (Å²) in [6.07, 6.45) is 8.00. The quantitative estimate of drug-likeness (QED) is 0.583. The van der Waals surface area contributed by atoms with E-state index in [4.69, 9.17) is 5.11 Å². The van der Waals surface area contributed by atoms with E-state index in [0.717, 1.165) is 25.8 Å². The van der Waals surface area contributed by atoms with Gasteiger partial charge in [0, 0.05) is 13.6 Å². The lowest BCUT2D eigenvalue weighted by molar-refractivity contribution is -0.150. The fraction of sp³-hybridized carbons (Fsp3) is 0.714. The van der Waals surface area contributed by atoms with E-state index in [9.17, 15) is 9.59 Å². The molecule has 0 heterocycles. The van der Waals surface area contributed by atoms with Crippen LogP contribution in [0.2, 0.25) is 0 Å². The zero-order chi connectivity index (χ0) is 13.5. The lowest BCUT2D eigenvalue weighted by Crippen LogP contribution is -2.40. The van der Waals surface area contributed by atoms with Crippen molar-refractivity contribution in [2.75, 3.05) is 13.6 Å². The SMILES string of the molecule is CCCCCN(C)C(=O)[C@@H]1CC=CC[C@@H]1C(=O)O. The number of hydrogen-bond acceptors (Lipinski definition) is 2. The summed E-state index contributed by atoms with van der Waals surface area (Å²) in [5.41, 5.74) is 0. The molecular formula is C14H23NO3. The van der Waals surface area contributed by atoms with Crippen molar-refractivity contribution in [1.29, 1.82) is 0 Å². The van der Waals surface area contributed by atoms with Crippen LogP contribution < -0.4 is 0 Å². The van der Waals surface area contributed by atoms with Crippen LogP contribution in [-0.4, -0.2) is 35.5 Å².